The highest BCUT2D eigenvalue weighted by molar-refractivity contribution is 7.81. The molecule has 5 rings (SSSR count). The normalized spacial score (nSPS) is 23.4. The molecule has 210 valence electrons. The lowest BCUT2D eigenvalue weighted by atomic mass is 9.74. The van der Waals surface area contributed by atoms with Gasteiger partial charge in [0.2, 0.25) is 5.88 Å². The maximum absolute atomic E-state index is 13.6. The molecule has 2 aliphatic heterocycles. The van der Waals surface area contributed by atoms with Crippen molar-refractivity contribution >= 4 is 48.1 Å². The largest absolute Gasteiger partial charge is 0.474 e. The van der Waals surface area contributed by atoms with Crippen LogP contribution in [0.15, 0.2) is 30.6 Å². The Bertz CT molecular complexity index is 1390. The minimum atomic E-state index is -4.88. The van der Waals surface area contributed by atoms with E-state index in [1.807, 2.05) is 4.90 Å². The molecule has 3 fully saturated rings. The number of pyridine rings is 2. The first-order valence-corrected chi connectivity index (χ1v) is 12.7. The number of rotatable bonds is 5. The molecule has 3 aliphatic rings. The van der Waals surface area contributed by atoms with Crippen molar-refractivity contribution in [3.8, 4) is 18.0 Å². The van der Waals surface area contributed by atoms with Crippen molar-refractivity contribution in [2.75, 3.05) is 29.4 Å². The topological polar surface area (TPSA) is 126 Å². The fraction of sp³-hybridized carbons (Fsp3) is 0.440. The van der Waals surface area contributed by atoms with E-state index in [-0.39, 0.29) is 42.8 Å². The Balaban J connectivity index is 0.00000370. The third kappa shape index (κ3) is 4.91. The first-order valence-electron chi connectivity index (χ1n) is 12.1. The van der Waals surface area contributed by atoms with Crippen molar-refractivity contribution in [2.45, 2.75) is 49.0 Å². The highest BCUT2D eigenvalue weighted by Crippen LogP contribution is 2.48. The summed E-state index contributed by atoms with van der Waals surface area (Å²) in [6, 6.07) is 7.44. The first kappa shape index (κ1) is 29.4. The van der Waals surface area contributed by atoms with Crippen LogP contribution in [-0.2, 0) is 15.8 Å². The van der Waals surface area contributed by atoms with Crippen molar-refractivity contribution in [2.24, 2.45) is 0 Å². The Morgan fingerprint density at radius 3 is 2.35 bits per heavy atom. The molecule has 1 spiro atoms. The summed E-state index contributed by atoms with van der Waals surface area (Å²) in [4.78, 5) is 38.9. The van der Waals surface area contributed by atoms with Crippen LogP contribution in [0.2, 0.25) is 0 Å². The lowest BCUT2D eigenvalue weighted by molar-refractivity contribution is -0.140. The van der Waals surface area contributed by atoms with E-state index in [9.17, 15) is 22.8 Å². The number of hydrogen-bond donors (Lipinski definition) is 1. The molecule has 0 bridgehead atoms. The van der Waals surface area contributed by atoms with E-state index >= 15 is 0 Å². The van der Waals surface area contributed by atoms with Gasteiger partial charge in [-0.05, 0) is 31.4 Å². The number of Topliss-reactive ketones (excluding diaryl/α,β-unsaturated/α-hetero) is 1. The number of likely N-dealkylation sites (tertiary alicyclic amines) is 1. The summed E-state index contributed by atoms with van der Waals surface area (Å²) in [5, 5.41) is 17.9. The van der Waals surface area contributed by atoms with Crippen LogP contribution < -0.4 is 14.5 Å². The zero-order chi connectivity index (χ0) is 27.9. The molecular formula is C25H23ClF3N7O3S. The summed E-state index contributed by atoms with van der Waals surface area (Å²) in [5.41, 5.74) is -4.75. The number of piperidine rings is 1. The van der Waals surface area contributed by atoms with E-state index in [1.165, 1.54) is 17.2 Å². The number of carbonyl (C=O) groups excluding carboxylic acids is 2. The number of amides is 1. The molecule has 2 aromatic rings. The Hall–Kier alpha value is -3.59. The van der Waals surface area contributed by atoms with E-state index < -0.39 is 34.4 Å². The van der Waals surface area contributed by atoms with Crippen LogP contribution >= 0.6 is 25.0 Å². The van der Waals surface area contributed by atoms with Gasteiger partial charge in [0, 0.05) is 25.6 Å². The third-order valence-electron chi connectivity index (χ3n) is 7.30. The summed E-state index contributed by atoms with van der Waals surface area (Å²) in [7, 11) is 0. The monoisotopic (exact) mass is 593 g/mol. The van der Waals surface area contributed by atoms with Crippen LogP contribution in [0.1, 0.15) is 36.9 Å². The van der Waals surface area contributed by atoms with Gasteiger partial charge < -0.3 is 9.64 Å². The van der Waals surface area contributed by atoms with E-state index in [2.05, 4.69) is 28.7 Å². The van der Waals surface area contributed by atoms with Crippen LogP contribution in [-0.4, -0.2) is 63.3 Å². The lowest BCUT2D eigenvalue weighted by Gasteiger charge is -2.42. The second kappa shape index (κ2) is 11.1. The van der Waals surface area contributed by atoms with Gasteiger partial charge in [-0.3, -0.25) is 19.4 Å². The number of carbonyl (C=O) groups is 2. The summed E-state index contributed by atoms with van der Waals surface area (Å²) in [6.45, 7) is 1.83. The molecule has 10 nitrogen and oxygen atoms in total. The number of thiol groups is 1. The van der Waals surface area contributed by atoms with Crippen molar-refractivity contribution in [3.63, 3.8) is 0 Å². The lowest BCUT2D eigenvalue weighted by Crippen LogP contribution is -2.63. The van der Waals surface area contributed by atoms with Gasteiger partial charge >= 0.3 is 6.18 Å². The molecule has 15 heteroatoms. The number of aromatic nitrogens is 2. The maximum Gasteiger partial charge on any atom is 0.419 e. The van der Waals surface area contributed by atoms with Gasteiger partial charge in [0.25, 0.3) is 5.91 Å². The summed E-state index contributed by atoms with van der Waals surface area (Å²) in [6.07, 6.45) is -0.768. The SMILES string of the molecule is Cl.N#CCN1CCC(Oc2ccc(N3C(S)N(c4cnc(C#N)c(C(F)(F)F)c4)C(=O)C34CCC4=O)cn2)CC1. The number of anilines is 2. The van der Waals surface area contributed by atoms with E-state index in [1.54, 1.807) is 12.1 Å². The molecule has 2 atom stereocenters. The molecule has 2 saturated heterocycles. The van der Waals surface area contributed by atoms with Gasteiger partial charge in [-0.1, -0.05) is 0 Å². The van der Waals surface area contributed by atoms with Crippen LogP contribution in [0.5, 0.6) is 5.88 Å². The molecule has 40 heavy (non-hydrogen) atoms. The number of hydrogen-bond acceptors (Lipinski definition) is 10. The van der Waals surface area contributed by atoms with Crippen molar-refractivity contribution < 1.29 is 27.5 Å². The fourth-order valence-corrected chi connectivity index (χ4v) is 5.77. The smallest absolute Gasteiger partial charge is 0.419 e. The third-order valence-corrected chi connectivity index (χ3v) is 7.76. The fourth-order valence-electron chi connectivity index (χ4n) is 5.20. The number of alkyl halides is 3. The molecule has 2 aromatic heterocycles. The highest BCUT2D eigenvalue weighted by atomic mass is 35.5. The van der Waals surface area contributed by atoms with Gasteiger partial charge in [0.15, 0.2) is 22.5 Å². The quantitative estimate of drug-likeness (QED) is 0.315. The minimum absolute atomic E-state index is 0. The van der Waals surface area contributed by atoms with Crippen molar-refractivity contribution in [3.05, 3.63) is 41.9 Å². The van der Waals surface area contributed by atoms with Crippen LogP contribution in [0.25, 0.3) is 0 Å². The number of nitriles is 2. The maximum atomic E-state index is 13.6. The summed E-state index contributed by atoms with van der Waals surface area (Å²) in [5.74, 6) is -0.755. The van der Waals surface area contributed by atoms with Crippen LogP contribution in [0, 0.1) is 22.7 Å². The molecule has 2 unspecified atom stereocenters. The minimum Gasteiger partial charge on any atom is -0.474 e. The standard InChI is InChI=1S/C25H22F3N7O3S.ClH/c26-25(27,28)18-11-16(14-31-19(18)12-30)34-22(37)24(6-3-20(24)36)35(23(34)39)15-1-2-21(32-13-15)38-17-4-8-33(9-5-17)10-7-29;/h1-2,11,13-14,17,23,39H,3-6,8-10H2;1H. The van der Waals surface area contributed by atoms with E-state index in [0.717, 1.165) is 37.0 Å². The average Bonchev–Trinajstić information content (AvgIpc) is 3.16. The van der Waals surface area contributed by atoms with Crippen molar-refractivity contribution in [1.29, 1.82) is 10.5 Å². The highest BCUT2D eigenvalue weighted by Gasteiger charge is 2.66. The summed E-state index contributed by atoms with van der Waals surface area (Å²) < 4.78 is 46.7. The molecule has 1 saturated carbocycles. The zero-order valence-electron chi connectivity index (χ0n) is 20.8. The van der Waals surface area contributed by atoms with Gasteiger partial charge in [0.05, 0.1) is 41.9 Å². The molecule has 0 N–H and O–H groups in total. The second-order valence-corrected chi connectivity index (χ2v) is 9.94. The average molecular weight is 594 g/mol. The van der Waals surface area contributed by atoms with Crippen LogP contribution in [0.3, 0.4) is 0 Å². The molecular weight excluding hydrogens is 571 g/mol. The molecule has 0 aromatic carbocycles. The van der Waals surface area contributed by atoms with Gasteiger partial charge in [0.1, 0.15) is 12.2 Å². The van der Waals surface area contributed by atoms with E-state index in [0.29, 0.717) is 24.2 Å². The number of ketones is 1. The molecule has 1 amide bonds. The Morgan fingerprint density at radius 2 is 1.82 bits per heavy atom. The number of ether oxygens (including phenoxy) is 1. The summed E-state index contributed by atoms with van der Waals surface area (Å²) >= 11 is 4.54. The van der Waals surface area contributed by atoms with Gasteiger partial charge in [-0.2, -0.15) is 23.7 Å². The molecule has 1 aliphatic carbocycles. The van der Waals surface area contributed by atoms with Crippen molar-refractivity contribution in [1.82, 2.24) is 14.9 Å². The first-order chi connectivity index (χ1) is 18.6. The zero-order valence-corrected chi connectivity index (χ0v) is 22.5. The molecule has 0 radical (unpaired) electrons. The predicted molar refractivity (Wildman–Crippen MR) is 141 cm³/mol. The van der Waals surface area contributed by atoms with Gasteiger partial charge in [-0.25, -0.2) is 9.97 Å². The van der Waals surface area contributed by atoms with Crippen LogP contribution in [0.4, 0.5) is 24.5 Å². The second-order valence-electron chi connectivity index (χ2n) is 9.48. The Morgan fingerprint density at radius 1 is 1.12 bits per heavy atom. The number of nitrogens with zero attached hydrogens (tertiary/aromatic N) is 7. The molecule has 4 heterocycles. The Labute approximate surface area is 239 Å². The van der Waals surface area contributed by atoms with E-state index in [4.69, 9.17) is 15.3 Å². The number of halogens is 4. The predicted octanol–water partition coefficient (Wildman–Crippen LogP) is 3.32. The Kier molecular flexibility index (Phi) is 8.17. The van der Waals surface area contributed by atoms with Gasteiger partial charge in [-0.15, -0.1) is 25.0 Å².